The molecule has 82 valence electrons. The number of aromatic nitrogens is 2. The van der Waals surface area contributed by atoms with Crippen LogP contribution in [0.2, 0.25) is 0 Å². The SMILES string of the molecule is c1nn(C2CCCCC2)c2c1NCCC2. The molecule has 1 aromatic heterocycles. The number of hydrogen-bond donors (Lipinski definition) is 1. The van der Waals surface area contributed by atoms with Crippen LogP contribution in [0, 0.1) is 0 Å². The summed E-state index contributed by atoms with van der Waals surface area (Å²) < 4.78 is 2.31. The van der Waals surface area contributed by atoms with E-state index >= 15 is 0 Å². The molecule has 0 unspecified atom stereocenters. The average molecular weight is 205 g/mol. The molecule has 2 heterocycles. The zero-order chi connectivity index (χ0) is 10.1. The van der Waals surface area contributed by atoms with Crippen LogP contribution >= 0.6 is 0 Å². The molecule has 3 heteroatoms. The van der Waals surface area contributed by atoms with Crippen molar-refractivity contribution in [1.82, 2.24) is 9.78 Å². The van der Waals surface area contributed by atoms with Gasteiger partial charge in [0.25, 0.3) is 0 Å². The Kier molecular flexibility index (Phi) is 2.39. The molecule has 0 saturated heterocycles. The summed E-state index contributed by atoms with van der Waals surface area (Å²) >= 11 is 0. The van der Waals surface area contributed by atoms with Crippen molar-refractivity contribution in [3.63, 3.8) is 0 Å². The first-order valence-corrected chi connectivity index (χ1v) is 6.25. The van der Waals surface area contributed by atoms with E-state index < -0.39 is 0 Å². The Hall–Kier alpha value is -0.990. The molecule has 1 aromatic rings. The minimum atomic E-state index is 0.683. The first kappa shape index (κ1) is 9.25. The minimum Gasteiger partial charge on any atom is -0.382 e. The van der Waals surface area contributed by atoms with Gasteiger partial charge in [-0.3, -0.25) is 4.68 Å². The lowest BCUT2D eigenvalue weighted by Crippen LogP contribution is -2.19. The highest BCUT2D eigenvalue weighted by molar-refractivity contribution is 5.48. The highest BCUT2D eigenvalue weighted by Gasteiger charge is 2.21. The molecule has 3 rings (SSSR count). The molecule has 2 aliphatic rings. The predicted octanol–water partition coefficient (Wildman–Crippen LogP) is 2.75. The number of nitrogens with zero attached hydrogens (tertiary/aromatic N) is 2. The van der Waals surface area contributed by atoms with Gasteiger partial charge in [-0.15, -0.1) is 0 Å². The first-order valence-electron chi connectivity index (χ1n) is 6.25. The van der Waals surface area contributed by atoms with Crippen molar-refractivity contribution < 1.29 is 0 Å². The summed E-state index contributed by atoms with van der Waals surface area (Å²) in [5.41, 5.74) is 2.74. The van der Waals surface area contributed by atoms with Gasteiger partial charge in [-0.25, -0.2) is 0 Å². The second-order valence-corrected chi connectivity index (χ2v) is 4.77. The Labute approximate surface area is 90.9 Å². The fourth-order valence-corrected chi connectivity index (χ4v) is 2.90. The molecule has 1 saturated carbocycles. The number of rotatable bonds is 1. The number of nitrogens with one attached hydrogen (secondary N) is 1. The van der Waals surface area contributed by atoms with Gasteiger partial charge in [0.05, 0.1) is 23.6 Å². The second-order valence-electron chi connectivity index (χ2n) is 4.77. The molecule has 0 spiro atoms. The molecule has 0 amide bonds. The Balaban J connectivity index is 1.87. The smallest absolute Gasteiger partial charge is 0.0759 e. The van der Waals surface area contributed by atoms with Gasteiger partial charge in [-0.1, -0.05) is 19.3 Å². The van der Waals surface area contributed by atoms with E-state index in [2.05, 4.69) is 15.1 Å². The van der Waals surface area contributed by atoms with Crippen molar-refractivity contribution in [2.45, 2.75) is 51.0 Å². The summed E-state index contributed by atoms with van der Waals surface area (Å²) in [6, 6.07) is 0.683. The normalized spacial score (nSPS) is 22.1. The zero-order valence-electron chi connectivity index (χ0n) is 9.21. The lowest BCUT2D eigenvalue weighted by molar-refractivity contribution is 0.321. The molecule has 1 N–H and O–H groups in total. The van der Waals surface area contributed by atoms with E-state index in [1.54, 1.807) is 0 Å². The van der Waals surface area contributed by atoms with Crippen LogP contribution in [0.15, 0.2) is 6.20 Å². The van der Waals surface area contributed by atoms with E-state index in [-0.39, 0.29) is 0 Å². The Morgan fingerprint density at radius 3 is 2.93 bits per heavy atom. The number of fused-ring (bicyclic) bond motifs is 1. The van der Waals surface area contributed by atoms with Crippen molar-refractivity contribution >= 4 is 5.69 Å². The molecule has 15 heavy (non-hydrogen) atoms. The van der Waals surface area contributed by atoms with Gasteiger partial charge in [-0.2, -0.15) is 5.10 Å². The van der Waals surface area contributed by atoms with Crippen LogP contribution in [0.25, 0.3) is 0 Å². The molecule has 1 aliphatic carbocycles. The van der Waals surface area contributed by atoms with Crippen molar-refractivity contribution in [3.05, 3.63) is 11.9 Å². The fourth-order valence-electron chi connectivity index (χ4n) is 2.90. The molecule has 1 aliphatic heterocycles. The number of anilines is 1. The van der Waals surface area contributed by atoms with Gasteiger partial charge in [0, 0.05) is 6.54 Å². The highest BCUT2D eigenvalue weighted by atomic mass is 15.3. The van der Waals surface area contributed by atoms with E-state index in [4.69, 9.17) is 0 Å². The summed E-state index contributed by atoms with van der Waals surface area (Å²) in [5.74, 6) is 0. The van der Waals surface area contributed by atoms with Crippen LogP contribution < -0.4 is 5.32 Å². The van der Waals surface area contributed by atoms with Crippen molar-refractivity contribution in [2.24, 2.45) is 0 Å². The van der Waals surface area contributed by atoms with Crippen molar-refractivity contribution in [1.29, 1.82) is 0 Å². The molecule has 0 radical (unpaired) electrons. The van der Waals surface area contributed by atoms with Gasteiger partial charge < -0.3 is 5.32 Å². The third kappa shape index (κ3) is 1.64. The second kappa shape index (κ2) is 3.87. The van der Waals surface area contributed by atoms with Crippen LogP contribution in [-0.4, -0.2) is 16.3 Å². The van der Waals surface area contributed by atoms with E-state index in [1.807, 2.05) is 6.20 Å². The molecular formula is C12H19N3. The molecule has 0 bridgehead atoms. The van der Waals surface area contributed by atoms with E-state index in [0.29, 0.717) is 6.04 Å². The Morgan fingerprint density at radius 2 is 2.07 bits per heavy atom. The predicted molar refractivity (Wildman–Crippen MR) is 61.2 cm³/mol. The summed E-state index contributed by atoms with van der Waals surface area (Å²) in [7, 11) is 0. The van der Waals surface area contributed by atoms with Crippen LogP contribution in [0.4, 0.5) is 5.69 Å². The monoisotopic (exact) mass is 205 g/mol. The highest BCUT2D eigenvalue weighted by Crippen LogP contribution is 2.32. The third-order valence-corrected chi connectivity index (χ3v) is 3.73. The molecule has 0 atom stereocenters. The van der Waals surface area contributed by atoms with E-state index in [9.17, 15) is 0 Å². The van der Waals surface area contributed by atoms with Crippen molar-refractivity contribution in [2.75, 3.05) is 11.9 Å². The zero-order valence-corrected chi connectivity index (χ0v) is 9.21. The third-order valence-electron chi connectivity index (χ3n) is 3.73. The first-order chi connectivity index (χ1) is 7.45. The molecule has 0 aromatic carbocycles. The number of hydrogen-bond acceptors (Lipinski definition) is 2. The maximum absolute atomic E-state index is 4.58. The van der Waals surface area contributed by atoms with Gasteiger partial charge >= 0.3 is 0 Å². The maximum atomic E-state index is 4.58. The van der Waals surface area contributed by atoms with Crippen LogP contribution in [0.5, 0.6) is 0 Å². The quantitative estimate of drug-likeness (QED) is 0.764. The van der Waals surface area contributed by atoms with E-state index in [1.165, 1.54) is 56.3 Å². The van der Waals surface area contributed by atoms with Crippen LogP contribution in [0.1, 0.15) is 50.3 Å². The standard InChI is InChI=1S/C12H19N3/c1-2-5-10(6-3-1)15-12-7-4-8-13-11(12)9-14-15/h9-10,13H,1-8H2. The minimum absolute atomic E-state index is 0.683. The molecular weight excluding hydrogens is 186 g/mol. The largest absolute Gasteiger partial charge is 0.382 e. The maximum Gasteiger partial charge on any atom is 0.0759 e. The summed E-state index contributed by atoms with van der Waals surface area (Å²) in [4.78, 5) is 0. The topological polar surface area (TPSA) is 29.9 Å². The van der Waals surface area contributed by atoms with Crippen LogP contribution in [-0.2, 0) is 6.42 Å². The van der Waals surface area contributed by atoms with Gasteiger partial charge in [0.15, 0.2) is 0 Å². The molecule has 1 fully saturated rings. The summed E-state index contributed by atoms with van der Waals surface area (Å²) in [5, 5.41) is 8.01. The van der Waals surface area contributed by atoms with E-state index in [0.717, 1.165) is 6.54 Å². The summed E-state index contributed by atoms with van der Waals surface area (Å²) in [6.45, 7) is 1.11. The summed E-state index contributed by atoms with van der Waals surface area (Å²) in [6.07, 6.45) is 11.3. The van der Waals surface area contributed by atoms with Crippen molar-refractivity contribution in [3.8, 4) is 0 Å². The van der Waals surface area contributed by atoms with Gasteiger partial charge in [0.2, 0.25) is 0 Å². The average Bonchev–Trinajstić information content (AvgIpc) is 2.74. The van der Waals surface area contributed by atoms with Crippen LogP contribution in [0.3, 0.4) is 0 Å². The Bertz CT molecular complexity index is 337. The molecule has 3 nitrogen and oxygen atoms in total. The Morgan fingerprint density at radius 1 is 1.20 bits per heavy atom. The lowest BCUT2D eigenvalue weighted by atomic mass is 9.95. The van der Waals surface area contributed by atoms with Gasteiger partial charge in [0.1, 0.15) is 0 Å². The fraction of sp³-hybridized carbons (Fsp3) is 0.750. The lowest BCUT2D eigenvalue weighted by Gasteiger charge is -2.25. The van der Waals surface area contributed by atoms with Gasteiger partial charge in [-0.05, 0) is 25.7 Å².